The van der Waals surface area contributed by atoms with Gasteiger partial charge in [-0.05, 0) is 24.0 Å². The molecule has 0 unspecified atom stereocenters. The second-order valence-corrected chi connectivity index (χ2v) is 10.8. The van der Waals surface area contributed by atoms with Gasteiger partial charge in [-0.25, -0.2) is 0 Å². The smallest absolute Gasteiger partial charge is 0.140 e. The van der Waals surface area contributed by atoms with Crippen LogP contribution in [0.1, 0.15) is 23.7 Å². The van der Waals surface area contributed by atoms with Crippen molar-refractivity contribution in [2.75, 3.05) is 0 Å². The molecule has 0 aromatic heterocycles. The molecule has 0 aliphatic heterocycles. The average Bonchev–Trinajstić information content (AvgIpc) is 2.16. The number of benzene rings is 1. The van der Waals surface area contributed by atoms with Gasteiger partial charge in [0.05, 0.1) is 6.10 Å². The Morgan fingerprint density at radius 1 is 1.20 bits per heavy atom. The summed E-state index contributed by atoms with van der Waals surface area (Å²) in [5.74, 6) is 0.132. The first-order valence-electron chi connectivity index (χ1n) is 4.82. The molecule has 0 heterocycles. The Morgan fingerprint density at radius 3 is 2.53 bits per heavy atom. The molecule has 0 radical (unpaired) electrons. The van der Waals surface area contributed by atoms with E-state index in [9.17, 15) is 5.11 Å². The van der Waals surface area contributed by atoms with Crippen LogP contribution >= 0.6 is 47.8 Å². The Kier molecular flexibility index (Phi) is 3.61. The van der Waals surface area contributed by atoms with E-state index in [2.05, 4.69) is 53.9 Å². The first kappa shape index (κ1) is 12.1. The fourth-order valence-corrected chi connectivity index (χ4v) is 3.52. The van der Waals surface area contributed by atoms with E-state index in [1.807, 2.05) is 18.2 Å². The lowest BCUT2D eigenvalue weighted by Crippen LogP contribution is -2.29. The van der Waals surface area contributed by atoms with E-state index in [0.717, 1.165) is 18.4 Å². The van der Waals surface area contributed by atoms with E-state index in [1.54, 1.807) is 0 Å². The number of halogens is 3. The van der Waals surface area contributed by atoms with Gasteiger partial charge in [-0.1, -0.05) is 72.1 Å². The van der Waals surface area contributed by atoms with Crippen molar-refractivity contribution in [2.24, 2.45) is 5.92 Å². The topological polar surface area (TPSA) is 20.2 Å². The Bertz CT molecular complexity index is 359. The van der Waals surface area contributed by atoms with Gasteiger partial charge in [0.15, 0.2) is 0 Å². The number of alkyl halides is 3. The van der Waals surface area contributed by atoms with Crippen molar-refractivity contribution in [3.05, 3.63) is 35.4 Å². The molecule has 1 aromatic rings. The van der Waals surface area contributed by atoms with Crippen LogP contribution in [0.15, 0.2) is 24.3 Å². The summed E-state index contributed by atoms with van der Waals surface area (Å²) in [4.78, 5) is 0. The molecule has 1 aliphatic rings. The van der Waals surface area contributed by atoms with Gasteiger partial charge in [-0.2, -0.15) is 0 Å². The number of aliphatic hydroxyl groups is 1. The third-order valence-electron chi connectivity index (χ3n) is 2.90. The van der Waals surface area contributed by atoms with Gasteiger partial charge in [-0.15, -0.1) is 0 Å². The van der Waals surface area contributed by atoms with E-state index in [4.69, 9.17) is 0 Å². The van der Waals surface area contributed by atoms with Crippen molar-refractivity contribution in [3.8, 4) is 0 Å². The van der Waals surface area contributed by atoms with Gasteiger partial charge in [-0.3, -0.25) is 0 Å². The van der Waals surface area contributed by atoms with Gasteiger partial charge < -0.3 is 5.11 Å². The zero-order valence-corrected chi connectivity index (χ0v) is 12.7. The van der Waals surface area contributed by atoms with Crippen molar-refractivity contribution in [3.63, 3.8) is 0 Å². The highest BCUT2D eigenvalue weighted by molar-refractivity contribution is 9.39. The van der Waals surface area contributed by atoms with Gasteiger partial charge in [0.2, 0.25) is 0 Å². The predicted molar refractivity (Wildman–Crippen MR) is 72.7 cm³/mol. The highest BCUT2D eigenvalue weighted by Gasteiger charge is 2.39. The highest BCUT2D eigenvalue weighted by atomic mass is 80.0. The number of aryl methyl sites for hydroxylation is 1. The standard InChI is InChI=1S/C11H11Br3O/c12-11(13,14)9-6-5-7-3-1-2-4-8(7)10(9)15/h1-4,9-10,15H,5-6H2/t9-,10+/m0/s1. The van der Waals surface area contributed by atoms with E-state index < -0.39 is 6.10 Å². The molecular formula is C11H11Br3O. The summed E-state index contributed by atoms with van der Waals surface area (Å²) in [6.07, 6.45) is 1.55. The molecule has 0 amide bonds. The molecule has 1 aromatic carbocycles. The maximum atomic E-state index is 10.3. The Labute approximate surface area is 115 Å². The SMILES string of the molecule is O[C@@H]1c2ccccc2CC[C@@H]1C(Br)(Br)Br. The minimum Gasteiger partial charge on any atom is -0.388 e. The molecule has 1 aliphatic carbocycles. The summed E-state index contributed by atoms with van der Waals surface area (Å²) in [6.45, 7) is 0. The Morgan fingerprint density at radius 2 is 1.87 bits per heavy atom. The summed E-state index contributed by atoms with van der Waals surface area (Å²) >= 11 is 10.5. The number of fused-ring (bicyclic) bond motifs is 1. The number of rotatable bonds is 0. The molecular weight excluding hydrogens is 388 g/mol. The van der Waals surface area contributed by atoms with E-state index in [-0.39, 0.29) is 8.06 Å². The van der Waals surface area contributed by atoms with Crippen LogP contribution in [0.25, 0.3) is 0 Å². The molecule has 0 saturated heterocycles. The van der Waals surface area contributed by atoms with Gasteiger partial charge in [0.25, 0.3) is 0 Å². The van der Waals surface area contributed by atoms with Crippen LogP contribution in [0.4, 0.5) is 0 Å². The number of hydrogen-bond donors (Lipinski definition) is 1. The van der Waals surface area contributed by atoms with Crippen LogP contribution in [0.2, 0.25) is 0 Å². The lowest BCUT2D eigenvalue weighted by atomic mass is 9.82. The van der Waals surface area contributed by atoms with Crippen LogP contribution < -0.4 is 0 Å². The van der Waals surface area contributed by atoms with Crippen LogP contribution in [0, 0.1) is 5.92 Å². The molecule has 0 saturated carbocycles. The lowest BCUT2D eigenvalue weighted by Gasteiger charge is -2.35. The largest absolute Gasteiger partial charge is 0.388 e. The molecule has 1 N–H and O–H groups in total. The second-order valence-electron chi connectivity index (χ2n) is 3.83. The fourth-order valence-electron chi connectivity index (χ4n) is 2.08. The van der Waals surface area contributed by atoms with Crippen molar-refractivity contribution in [2.45, 2.75) is 21.1 Å². The van der Waals surface area contributed by atoms with Crippen molar-refractivity contribution < 1.29 is 5.11 Å². The van der Waals surface area contributed by atoms with E-state index >= 15 is 0 Å². The predicted octanol–water partition coefficient (Wildman–Crippen LogP) is 4.12. The molecule has 0 fully saturated rings. The summed E-state index contributed by atoms with van der Waals surface area (Å²) in [7, 11) is 0. The number of aliphatic hydroxyl groups excluding tert-OH is 1. The first-order chi connectivity index (χ1) is 7.00. The molecule has 15 heavy (non-hydrogen) atoms. The van der Waals surface area contributed by atoms with Crippen LogP contribution in [-0.4, -0.2) is 7.25 Å². The summed E-state index contributed by atoms with van der Waals surface area (Å²) in [5.41, 5.74) is 2.31. The summed E-state index contributed by atoms with van der Waals surface area (Å²) in [6, 6.07) is 8.09. The molecule has 4 heteroatoms. The molecule has 2 atom stereocenters. The monoisotopic (exact) mass is 396 g/mol. The molecule has 1 nitrogen and oxygen atoms in total. The third-order valence-corrected chi connectivity index (χ3v) is 4.66. The Balaban J connectivity index is 2.34. The average molecular weight is 399 g/mol. The lowest BCUT2D eigenvalue weighted by molar-refractivity contribution is 0.101. The second kappa shape index (κ2) is 4.47. The van der Waals surface area contributed by atoms with Crippen molar-refractivity contribution in [1.82, 2.24) is 0 Å². The maximum Gasteiger partial charge on any atom is 0.140 e. The van der Waals surface area contributed by atoms with E-state index in [0.29, 0.717) is 0 Å². The third kappa shape index (κ3) is 2.48. The fraction of sp³-hybridized carbons (Fsp3) is 0.455. The van der Waals surface area contributed by atoms with Crippen LogP contribution in [-0.2, 0) is 6.42 Å². The van der Waals surface area contributed by atoms with Crippen molar-refractivity contribution >= 4 is 47.8 Å². The van der Waals surface area contributed by atoms with Gasteiger partial charge >= 0.3 is 0 Å². The van der Waals surface area contributed by atoms with E-state index in [1.165, 1.54) is 5.56 Å². The zero-order chi connectivity index (χ0) is 11.1. The van der Waals surface area contributed by atoms with Crippen LogP contribution in [0.5, 0.6) is 0 Å². The molecule has 2 rings (SSSR count). The molecule has 0 spiro atoms. The zero-order valence-electron chi connectivity index (χ0n) is 7.96. The van der Waals surface area contributed by atoms with Gasteiger partial charge in [0, 0.05) is 5.92 Å². The number of hydrogen-bond acceptors (Lipinski definition) is 1. The normalized spacial score (nSPS) is 26.1. The molecule has 82 valence electrons. The van der Waals surface area contributed by atoms with Crippen molar-refractivity contribution in [1.29, 1.82) is 0 Å². The summed E-state index contributed by atoms with van der Waals surface area (Å²) < 4.78 is -0.375. The quantitative estimate of drug-likeness (QED) is 0.652. The Hall–Kier alpha value is 0.620. The summed E-state index contributed by atoms with van der Waals surface area (Å²) in [5, 5.41) is 10.3. The molecule has 0 bridgehead atoms. The minimum atomic E-state index is -0.423. The maximum absolute atomic E-state index is 10.3. The minimum absolute atomic E-state index is 0.132. The van der Waals surface area contributed by atoms with Gasteiger partial charge in [0.1, 0.15) is 2.14 Å². The van der Waals surface area contributed by atoms with Crippen LogP contribution in [0.3, 0.4) is 0 Å². The first-order valence-corrected chi connectivity index (χ1v) is 7.20. The highest BCUT2D eigenvalue weighted by Crippen LogP contribution is 2.50.